The molecule has 0 saturated carbocycles. The van der Waals surface area contributed by atoms with Crippen molar-refractivity contribution in [2.45, 2.75) is 232 Å². The molecule has 53 heavy (non-hydrogen) atoms. The normalized spacial score (nSPS) is 13.8. The Morgan fingerprint density at radius 3 is 1.66 bits per heavy atom. The number of rotatable bonds is 39. The van der Waals surface area contributed by atoms with Gasteiger partial charge < -0.3 is 20.3 Å². The summed E-state index contributed by atoms with van der Waals surface area (Å²) >= 11 is 0. The molecular weight excluding hydrogens is 659 g/mol. The van der Waals surface area contributed by atoms with E-state index in [1.54, 1.807) is 0 Å². The van der Waals surface area contributed by atoms with Crippen molar-refractivity contribution >= 4 is 11.9 Å². The summed E-state index contributed by atoms with van der Waals surface area (Å²) in [5.74, 6) is -0.509. The summed E-state index contributed by atoms with van der Waals surface area (Å²) in [4.78, 5) is 25.9. The van der Waals surface area contributed by atoms with E-state index in [4.69, 9.17) is 4.74 Å². The van der Waals surface area contributed by atoms with Gasteiger partial charge in [0.1, 0.15) is 6.10 Å². The fraction of sp³-hybridized carbons (Fsp3) is 0.787. The van der Waals surface area contributed by atoms with Crippen LogP contribution in [0.25, 0.3) is 0 Å². The van der Waals surface area contributed by atoms with E-state index in [0.717, 1.165) is 96.3 Å². The van der Waals surface area contributed by atoms with Crippen molar-refractivity contribution in [1.82, 2.24) is 5.32 Å². The molecule has 6 nitrogen and oxygen atoms in total. The second-order valence-electron chi connectivity index (χ2n) is 15.1. The van der Waals surface area contributed by atoms with Gasteiger partial charge in [-0.25, -0.2) is 0 Å². The zero-order valence-corrected chi connectivity index (χ0v) is 34.9. The van der Waals surface area contributed by atoms with Gasteiger partial charge in [-0.3, -0.25) is 9.59 Å². The summed E-state index contributed by atoms with van der Waals surface area (Å²) in [5, 5.41) is 23.6. The SMILES string of the molecule is CC/C=C/C=C/C=C/CCCCCCCC(CC(=O)NC(CO)C(O)CCCCCCCCCCCCC)OC(=O)CCCCCCC/C=C\CCC. The maximum absolute atomic E-state index is 13.1. The van der Waals surface area contributed by atoms with Crippen LogP contribution in [-0.2, 0) is 14.3 Å². The fourth-order valence-electron chi connectivity index (χ4n) is 6.55. The van der Waals surface area contributed by atoms with Crippen LogP contribution in [0.1, 0.15) is 213 Å². The smallest absolute Gasteiger partial charge is 0.306 e. The van der Waals surface area contributed by atoms with Gasteiger partial charge in [0.05, 0.1) is 25.2 Å². The number of carbonyl (C=O) groups is 2. The minimum absolute atomic E-state index is 0.0602. The maximum atomic E-state index is 13.1. The minimum atomic E-state index is -0.792. The Balaban J connectivity index is 4.64. The Hall–Kier alpha value is -2.18. The van der Waals surface area contributed by atoms with E-state index in [9.17, 15) is 19.8 Å². The van der Waals surface area contributed by atoms with E-state index in [1.165, 1.54) is 70.6 Å². The van der Waals surface area contributed by atoms with E-state index in [2.05, 4.69) is 74.7 Å². The third kappa shape index (κ3) is 36.6. The van der Waals surface area contributed by atoms with Crippen molar-refractivity contribution in [2.75, 3.05) is 6.61 Å². The van der Waals surface area contributed by atoms with Gasteiger partial charge in [-0.05, 0) is 64.2 Å². The lowest BCUT2D eigenvalue weighted by molar-refractivity contribution is -0.151. The lowest BCUT2D eigenvalue weighted by atomic mass is 10.0. The molecule has 0 aromatic heterocycles. The monoisotopic (exact) mass is 744 g/mol. The quantitative estimate of drug-likeness (QED) is 0.0252. The number of hydrogen-bond acceptors (Lipinski definition) is 5. The van der Waals surface area contributed by atoms with Crippen LogP contribution >= 0.6 is 0 Å². The standard InChI is InChI=1S/C47H85NO5/c1-4-7-10-13-16-19-22-23-25-26-29-32-35-38-43(53-47(52)40-37-34-31-28-21-18-15-12-9-6-3)41-46(51)48-44(42-49)45(50)39-36-33-30-27-24-20-17-14-11-8-5-2/h7,10,12-13,15-16,19,22,43-45,49-50H,4-6,8-9,11,14,17-18,20-21,23-42H2,1-3H3,(H,48,51)/b10-7+,15-12-,16-13+,22-19+. The second-order valence-corrected chi connectivity index (χ2v) is 15.1. The summed E-state index contributed by atoms with van der Waals surface area (Å²) in [6.07, 6.45) is 47.4. The van der Waals surface area contributed by atoms with E-state index in [0.29, 0.717) is 19.3 Å². The van der Waals surface area contributed by atoms with Crippen molar-refractivity contribution in [2.24, 2.45) is 0 Å². The van der Waals surface area contributed by atoms with Gasteiger partial charge in [-0.2, -0.15) is 0 Å². The summed E-state index contributed by atoms with van der Waals surface area (Å²) < 4.78 is 5.88. The number of allylic oxidation sites excluding steroid dienone is 8. The third-order valence-electron chi connectivity index (χ3n) is 9.93. The molecule has 1 amide bonds. The molecule has 6 heteroatoms. The van der Waals surface area contributed by atoms with Crippen molar-refractivity contribution in [1.29, 1.82) is 0 Å². The van der Waals surface area contributed by atoms with E-state index in [-0.39, 0.29) is 24.9 Å². The fourth-order valence-corrected chi connectivity index (χ4v) is 6.55. The molecule has 0 radical (unpaired) electrons. The number of esters is 1. The largest absolute Gasteiger partial charge is 0.462 e. The number of amides is 1. The van der Waals surface area contributed by atoms with Crippen LogP contribution in [0.5, 0.6) is 0 Å². The number of hydrogen-bond donors (Lipinski definition) is 3. The summed E-state index contributed by atoms with van der Waals surface area (Å²) in [5.41, 5.74) is 0. The molecule has 308 valence electrons. The molecule has 0 fully saturated rings. The lowest BCUT2D eigenvalue weighted by Gasteiger charge is -2.24. The van der Waals surface area contributed by atoms with Gasteiger partial charge in [-0.1, -0.05) is 185 Å². The Morgan fingerprint density at radius 1 is 0.566 bits per heavy atom. The molecule has 3 N–H and O–H groups in total. The lowest BCUT2D eigenvalue weighted by Crippen LogP contribution is -2.46. The van der Waals surface area contributed by atoms with Crippen LogP contribution in [0.3, 0.4) is 0 Å². The molecule has 0 aliphatic heterocycles. The highest BCUT2D eigenvalue weighted by Gasteiger charge is 2.24. The van der Waals surface area contributed by atoms with Crippen LogP contribution in [0.2, 0.25) is 0 Å². The molecule has 0 aliphatic rings. The van der Waals surface area contributed by atoms with Gasteiger partial charge in [0.2, 0.25) is 5.91 Å². The molecule has 0 bridgehead atoms. The highest BCUT2D eigenvalue weighted by Crippen LogP contribution is 2.17. The van der Waals surface area contributed by atoms with E-state index < -0.39 is 18.2 Å². The van der Waals surface area contributed by atoms with Gasteiger partial charge in [-0.15, -0.1) is 0 Å². The molecule has 0 aliphatic carbocycles. The van der Waals surface area contributed by atoms with Crippen LogP contribution in [0.15, 0.2) is 48.6 Å². The summed E-state index contributed by atoms with van der Waals surface area (Å²) in [7, 11) is 0. The molecular formula is C47H85NO5. The zero-order valence-electron chi connectivity index (χ0n) is 34.9. The number of nitrogens with one attached hydrogen (secondary N) is 1. The molecule has 0 spiro atoms. The van der Waals surface area contributed by atoms with Crippen molar-refractivity contribution in [3.8, 4) is 0 Å². The van der Waals surface area contributed by atoms with Gasteiger partial charge >= 0.3 is 5.97 Å². The highest BCUT2D eigenvalue weighted by molar-refractivity contribution is 5.77. The Morgan fingerprint density at radius 2 is 1.08 bits per heavy atom. The highest BCUT2D eigenvalue weighted by atomic mass is 16.5. The summed E-state index contributed by atoms with van der Waals surface area (Å²) in [6.45, 7) is 6.26. The average molecular weight is 744 g/mol. The summed E-state index contributed by atoms with van der Waals surface area (Å²) in [6, 6.07) is -0.707. The molecule has 0 saturated heterocycles. The second kappa shape index (κ2) is 41.0. The Labute approximate surface area is 327 Å². The number of unbranched alkanes of at least 4 members (excludes halogenated alkanes) is 21. The average Bonchev–Trinajstić information content (AvgIpc) is 3.15. The Kier molecular flexibility index (Phi) is 39.3. The minimum Gasteiger partial charge on any atom is -0.462 e. The first-order chi connectivity index (χ1) is 26.0. The first-order valence-electron chi connectivity index (χ1n) is 22.4. The van der Waals surface area contributed by atoms with Gasteiger partial charge in [0, 0.05) is 6.42 Å². The first-order valence-corrected chi connectivity index (χ1v) is 22.4. The van der Waals surface area contributed by atoms with Gasteiger partial charge in [0.15, 0.2) is 0 Å². The van der Waals surface area contributed by atoms with Crippen LogP contribution < -0.4 is 5.32 Å². The molecule has 0 aromatic carbocycles. The third-order valence-corrected chi connectivity index (χ3v) is 9.93. The molecule has 0 rings (SSSR count). The number of carbonyl (C=O) groups excluding carboxylic acids is 2. The predicted octanol–water partition coefficient (Wildman–Crippen LogP) is 12.7. The number of aliphatic hydroxyl groups is 2. The molecule has 3 unspecified atom stereocenters. The maximum Gasteiger partial charge on any atom is 0.306 e. The number of aliphatic hydroxyl groups excluding tert-OH is 2. The zero-order chi connectivity index (χ0) is 38.9. The van der Waals surface area contributed by atoms with Crippen LogP contribution in [0.4, 0.5) is 0 Å². The topological polar surface area (TPSA) is 95.9 Å². The predicted molar refractivity (Wildman–Crippen MR) is 227 cm³/mol. The van der Waals surface area contributed by atoms with Gasteiger partial charge in [0.25, 0.3) is 0 Å². The number of ether oxygens (including phenoxy) is 1. The van der Waals surface area contributed by atoms with Crippen LogP contribution in [-0.4, -0.2) is 46.9 Å². The van der Waals surface area contributed by atoms with Crippen molar-refractivity contribution in [3.63, 3.8) is 0 Å². The molecule has 3 atom stereocenters. The van der Waals surface area contributed by atoms with Crippen molar-refractivity contribution < 1.29 is 24.5 Å². The first kappa shape index (κ1) is 50.8. The Bertz CT molecular complexity index is 926. The molecule has 0 aromatic rings. The molecule has 0 heterocycles. The van der Waals surface area contributed by atoms with E-state index in [1.807, 2.05) is 0 Å². The van der Waals surface area contributed by atoms with Crippen LogP contribution in [0, 0.1) is 0 Å². The van der Waals surface area contributed by atoms with E-state index >= 15 is 0 Å². The van der Waals surface area contributed by atoms with Crippen molar-refractivity contribution in [3.05, 3.63) is 48.6 Å².